The maximum Gasteiger partial charge on any atom is 0.434 e. The number of carbonyl (C=O) groups excluding carboxylic acids is 1. The van der Waals surface area contributed by atoms with Crippen molar-refractivity contribution in [1.82, 2.24) is 14.9 Å². The molecule has 0 unspecified atom stereocenters. The van der Waals surface area contributed by atoms with E-state index in [1.54, 1.807) is 4.90 Å². The molecule has 0 radical (unpaired) electrons. The van der Waals surface area contributed by atoms with Crippen molar-refractivity contribution in [2.75, 3.05) is 18.6 Å². The van der Waals surface area contributed by atoms with Gasteiger partial charge in [0, 0.05) is 19.2 Å². The van der Waals surface area contributed by atoms with Crippen LogP contribution in [0.5, 0.6) is 0 Å². The predicted molar refractivity (Wildman–Crippen MR) is 62.6 cm³/mol. The van der Waals surface area contributed by atoms with E-state index in [4.69, 9.17) is 16.4 Å². The summed E-state index contributed by atoms with van der Waals surface area (Å²) in [4.78, 5) is 25.8. The first kappa shape index (κ1) is 11.9. The maximum absolute atomic E-state index is 11.6. The minimum Gasteiger partial charge on any atom is -0.323 e. The van der Waals surface area contributed by atoms with Crippen molar-refractivity contribution in [1.29, 1.82) is 0 Å². The molecule has 1 N–H and O–H groups in total. The Hall–Kier alpha value is -1.56. The number of nitrogens with one attached hydrogen (secondary N) is 1. The summed E-state index contributed by atoms with van der Waals surface area (Å²) in [5.41, 5.74) is 2.46. The van der Waals surface area contributed by atoms with E-state index in [2.05, 4.69) is 15.4 Å². The molecule has 92 valence electrons. The summed E-state index contributed by atoms with van der Waals surface area (Å²) in [6, 6.07) is 1.48. The topological polar surface area (TPSA) is 67.3 Å². The largest absolute Gasteiger partial charge is 0.434 e. The van der Waals surface area contributed by atoms with Crippen LogP contribution < -0.4 is 5.48 Å². The van der Waals surface area contributed by atoms with E-state index in [0.717, 1.165) is 25.9 Å². The number of anilines is 1. The summed E-state index contributed by atoms with van der Waals surface area (Å²) in [7, 11) is 0. The van der Waals surface area contributed by atoms with Gasteiger partial charge in [-0.3, -0.25) is 0 Å². The number of aromatic nitrogens is 2. The SMILES string of the molecule is O=C(ONc1cc(Cl)ncn1)N1CCCCC1. The number of carbonyl (C=O) groups is 1. The van der Waals surface area contributed by atoms with Crippen molar-refractivity contribution in [3.05, 3.63) is 17.5 Å². The summed E-state index contributed by atoms with van der Waals surface area (Å²) in [5, 5.41) is 0.288. The van der Waals surface area contributed by atoms with Gasteiger partial charge in [0.25, 0.3) is 0 Å². The Morgan fingerprint density at radius 3 is 2.82 bits per heavy atom. The Labute approximate surface area is 104 Å². The highest BCUT2D eigenvalue weighted by atomic mass is 35.5. The average molecular weight is 257 g/mol. The van der Waals surface area contributed by atoms with Gasteiger partial charge in [0.05, 0.1) is 0 Å². The van der Waals surface area contributed by atoms with E-state index in [1.807, 2.05) is 0 Å². The molecule has 1 aliphatic heterocycles. The highest BCUT2D eigenvalue weighted by Gasteiger charge is 2.18. The van der Waals surface area contributed by atoms with Crippen LogP contribution in [0.3, 0.4) is 0 Å². The molecule has 2 rings (SSSR count). The minimum absolute atomic E-state index is 0.288. The average Bonchev–Trinajstić information content (AvgIpc) is 2.37. The number of hydrogen-bond donors (Lipinski definition) is 1. The molecule has 1 aromatic heterocycles. The molecule has 1 amide bonds. The van der Waals surface area contributed by atoms with Crippen molar-refractivity contribution in [2.45, 2.75) is 19.3 Å². The Kier molecular flexibility index (Phi) is 3.98. The molecule has 1 aromatic rings. The number of piperidine rings is 1. The van der Waals surface area contributed by atoms with Crippen LogP contribution in [0.25, 0.3) is 0 Å². The summed E-state index contributed by atoms with van der Waals surface area (Å²) in [6.45, 7) is 1.48. The molecule has 0 bridgehead atoms. The number of nitrogens with zero attached hydrogens (tertiary/aromatic N) is 3. The lowest BCUT2D eigenvalue weighted by Gasteiger charge is -2.25. The van der Waals surface area contributed by atoms with E-state index in [1.165, 1.54) is 18.8 Å². The Balaban J connectivity index is 1.83. The van der Waals surface area contributed by atoms with Crippen LogP contribution in [0.4, 0.5) is 10.6 Å². The standard InChI is InChI=1S/C10H13ClN4O2/c11-8-6-9(13-7-12-8)14-17-10(16)15-4-2-1-3-5-15/h6-7H,1-5H2,(H,12,13,14). The second-order valence-electron chi connectivity index (χ2n) is 3.74. The van der Waals surface area contributed by atoms with Crippen LogP contribution in [0, 0.1) is 0 Å². The quantitative estimate of drug-likeness (QED) is 0.648. The van der Waals surface area contributed by atoms with Crippen LogP contribution in [0.2, 0.25) is 5.15 Å². The van der Waals surface area contributed by atoms with Gasteiger partial charge in [-0.15, -0.1) is 0 Å². The molecule has 0 aromatic carbocycles. The number of hydrogen-bond acceptors (Lipinski definition) is 5. The lowest BCUT2D eigenvalue weighted by Crippen LogP contribution is -2.37. The van der Waals surface area contributed by atoms with E-state index < -0.39 is 0 Å². The zero-order valence-corrected chi connectivity index (χ0v) is 9.98. The van der Waals surface area contributed by atoms with Gasteiger partial charge in [0.1, 0.15) is 11.5 Å². The van der Waals surface area contributed by atoms with Gasteiger partial charge < -0.3 is 9.74 Å². The van der Waals surface area contributed by atoms with Crippen LogP contribution in [0.15, 0.2) is 12.4 Å². The smallest absolute Gasteiger partial charge is 0.323 e. The molecule has 0 spiro atoms. The lowest BCUT2D eigenvalue weighted by atomic mass is 10.1. The van der Waals surface area contributed by atoms with Gasteiger partial charge in [-0.05, 0) is 19.3 Å². The number of likely N-dealkylation sites (tertiary alicyclic amines) is 1. The molecule has 2 heterocycles. The molecule has 6 nitrogen and oxygen atoms in total. The normalized spacial score (nSPS) is 15.5. The van der Waals surface area contributed by atoms with E-state index in [0.29, 0.717) is 5.82 Å². The zero-order valence-electron chi connectivity index (χ0n) is 9.23. The fraction of sp³-hybridized carbons (Fsp3) is 0.500. The summed E-state index contributed by atoms with van der Waals surface area (Å²) in [6.07, 6.45) is 4.11. The first-order valence-corrected chi connectivity index (χ1v) is 5.83. The predicted octanol–water partition coefficient (Wildman–Crippen LogP) is 2.08. The Bertz CT molecular complexity index is 396. The molecular formula is C10H13ClN4O2. The summed E-state index contributed by atoms with van der Waals surface area (Å²) in [5.74, 6) is 0.357. The van der Waals surface area contributed by atoms with Crippen molar-refractivity contribution < 1.29 is 9.63 Å². The second kappa shape index (κ2) is 5.67. The fourth-order valence-electron chi connectivity index (χ4n) is 1.63. The zero-order chi connectivity index (χ0) is 12.1. The third-order valence-electron chi connectivity index (χ3n) is 2.49. The van der Waals surface area contributed by atoms with E-state index >= 15 is 0 Å². The monoisotopic (exact) mass is 256 g/mol. The first-order chi connectivity index (χ1) is 8.25. The molecule has 1 saturated heterocycles. The van der Waals surface area contributed by atoms with Crippen LogP contribution in [0.1, 0.15) is 19.3 Å². The van der Waals surface area contributed by atoms with Gasteiger partial charge >= 0.3 is 6.09 Å². The van der Waals surface area contributed by atoms with Gasteiger partial charge in [-0.1, -0.05) is 11.6 Å². The highest BCUT2D eigenvalue weighted by Crippen LogP contribution is 2.11. The van der Waals surface area contributed by atoms with Crippen molar-refractivity contribution in [3.63, 3.8) is 0 Å². The second-order valence-corrected chi connectivity index (χ2v) is 4.13. The van der Waals surface area contributed by atoms with Crippen LogP contribution >= 0.6 is 11.6 Å². The maximum atomic E-state index is 11.6. The molecule has 0 saturated carbocycles. The van der Waals surface area contributed by atoms with Gasteiger partial charge in [0.2, 0.25) is 0 Å². The van der Waals surface area contributed by atoms with Crippen LogP contribution in [-0.2, 0) is 4.84 Å². The fourth-order valence-corrected chi connectivity index (χ4v) is 1.77. The molecule has 7 heteroatoms. The number of amides is 1. The Morgan fingerprint density at radius 1 is 1.35 bits per heavy atom. The summed E-state index contributed by atoms with van der Waals surface area (Å²) >= 11 is 5.67. The van der Waals surface area contributed by atoms with Gasteiger partial charge in [-0.25, -0.2) is 14.8 Å². The van der Waals surface area contributed by atoms with Gasteiger partial charge in [0.15, 0.2) is 5.82 Å². The molecular weight excluding hydrogens is 244 g/mol. The number of halogens is 1. The summed E-state index contributed by atoms with van der Waals surface area (Å²) < 4.78 is 0. The first-order valence-electron chi connectivity index (χ1n) is 5.45. The molecule has 0 atom stereocenters. The van der Waals surface area contributed by atoms with Crippen molar-refractivity contribution >= 4 is 23.5 Å². The minimum atomic E-state index is -0.389. The lowest BCUT2D eigenvalue weighted by molar-refractivity contribution is 0.114. The Morgan fingerprint density at radius 2 is 2.12 bits per heavy atom. The third-order valence-corrected chi connectivity index (χ3v) is 2.70. The third kappa shape index (κ3) is 3.45. The van der Waals surface area contributed by atoms with E-state index in [-0.39, 0.29) is 11.2 Å². The molecule has 1 aliphatic rings. The molecule has 1 fully saturated rings. The molecule has 17 heavy (non-hydrogen) atoms. The van der Waals surface area contributed by atoms with Crippen LogP contribution in [-0.4, -0.2) is 34.1 Å². The highest BCUT2D eigenvalue weighted by molar-refractivity contribution is 6.29. The van der Waals surface area contributed by atoms with E-state index in [9.17, 15) is 4.79 Å². The van der Waals surface area contributed by atoms with Gasteiger partial charge in [-0.2, -0.15) is 5.48 Å². The van der Waals surface area contributed by atoms with Crippen molar-refractivity contribution in [3.8, 4) is 0 Å². The number of rotatable bonds is 2. The molecule has 0 aliphatic carbocycles. The van der Waals surface area contributed by atoms with Crippen molar-refractivity contribution in [2.24, 2.45) is 0 Å².